The maximum absolute atomic E-state index is 13.7. The van der Waals surface area contributed by atoms with Crippen molar-refractivity contribution in [2.45, 2.75) is 18.8 Å². The Morgan fingerprint density at radius 3 is 2.74 bits per heavy atom. The van der Waals surface area contributed by atoms with Gasteiger partial charge in [-0.15, -0.1) is 0 Å². The molecule has 0 aliphatic carbocycles. The Morgan fingerprint density at radius 1 is 1.07 bits per heavy atom. The summed E-state index contributed by atoms with van der Waals surface area (Å²) < 4.78 is 17.0. The third-order valence-corrected chi connectivity index (χ3v) is 5.63. The van der Waals surface area contributed by atoms with Crippen molar-refractivity contribution in [3.63, 3.8) is 0 Å². The summed E-state index contributed by atoms with van der Waals surface area (Å²) in [5.41, 5.74) is 2.06. The molecule has 0 radical (unpaired) electrons. The van der Waals surface area contributed by atoms with Gasteiger partial charge in [0.1, 0.15) is 17.8 Å². The van der Waals surface area contributed by atoms with Gasteiger partial charge in [-0.05, 0) is 37.2 Å². The fourth-order valence-corrected chi connectivity index (χ4v) is 4.33. The van der Waals surface area contributed by atoms with Crippen LogP contribution in [-0.4, -0.2) is 38.9 Å². The first-order valence-electron chi connectivity index (χ1n) is 9.45. The predicted octanol–water partition coefficient (Wildman–Crippen LogP) is 2.44. The Hall–Kier alpha value is -2.73. The van der Waals surface area contributed by atoms with Gasteiger partial charge in [0, 0.05) is 23.9 Å². The molecule has 6 heteroatoms. The second kappa shape index (κ2) is 6.16. The Balaban J connectivity index is 1.57. The summed E-state index contributed by atoms with van der Waals surface area (Å²) in [6.45, 7) is 5.11. The van der Waals surface area contributed by atoms with Crippen molar-refractivity contribution >= 4 is 11.6 Å². The number of nitrogens with one attached hydrogen (secondary N) is 1. The molecule has 0 bridgehead atoms. The number of benzene rings is 2. The molecule has 1 unspecified atom stereocenters. The van der Waals surface area contributed by atoms with E-state index in [4.69, 9.17) is 14.2 Å². The molecular weight excluding hydrogens is 344 g/mol. The lowest BCUT2D eigenvalue weighted by molar-refractivity contribution is -0.122. The van der Waals surface area contributed by atoms with E-state index in [0.717, 1.165) is 36.3 Å². The van der Waals surface area contributed by atoms with Crippen molar-refractivity contribution in [2.75, 3.05) is 37.9 Å². The van der Waals surface area contributed by atoms with E-state index in [0.29, 0.717) is 30.4 Å². The van der Waals surface area contributed by atoms with Crippen LogP contribution in [-0.2, 0) is 10.2 Å². The average Bonchev–Trinajstić information content (AvgIpc) is 3.36. The first kappa shape index (κ1) is 16.4. The highest BCUT2D eigenvalue weighted by molar-refractivity contribution is 6.11. The first-order chi connectivity index (χ1) is 13.3. The normalized spacial score (nSPS) is 21.5. The topological polar surface area (TPSA) is 60.0 Å². The van der Waals surface area contributed by atoms with Crippen molar-refractivity contribution in [3.05, 3.63) is 47.5 Å². The number of amides is 1. The lowest BCUT2D eigenvalue weighted by Gasteiger charge is -2.23. The zero-order chi connectivity index (χ0) is 18.4. The van der Waals surface area contributed by atoms with Crippen LogP contribution in [0.5, 0.6) is 17.2 Å². The summed E-state index contributed by atoms with van der Waals surface area (Å²) in [7, 11) is 0. The minimum atomic E-state index is -0.801. The predicted molar refractivity (Wildman–Crippen MR) is 101 cm³/mol. The van der Waals surface area contributed by atoms with Crippen LogP contribution in [0.4, 0.5) is 5.69 Å². The highest BCUT2D eigenvalue weighted by Gasteiger charge is 2.57. The van der Waals surface area contributed by atoms with Crippen LogP contribution in [0.25, 0.3) is 0 Å². The minimum Gasteiger partial charge on any atom is -0.491 e. The number of anilines is 1. The molecule has 1 atom stereocenters. The summed E-state index contributed by atoms with van der Waals surface area (Å²) in [6.07, 6.45) is 0.902. The van der Waals surface area contributed by atoms with E-state index in [1.54, 1.807) is 0 Å². The number of carbonyl (C=O) groups excluding carboxylic acids is 1. The second-order valence-corrected chi connectivity index (χ2v) is 7.08. The molecule has 0 saturated heterocycles. The number of hydrogen-bond acceptors (Lipinski definition) is 5. The molecule has 3 heterocycles. The van der Waals surface area contributed by atoms with Gasteiger partial charge in [0.25, 0.3) is 0 Å². The van der Waals surface area contributed by atoms with Crippen molar-refractivity contribution < 1.29 is 19.0 Å². The van der Waals surface area contributed by atoms with Gasteiger partial charge in [-0.25, -0.2) is 0 Å². The number of ether oxygens (including phenoxy) is 3. The van der Waals surface area contributed by atoms with E-state index >= 15 is 0 Å². The van der Waals surface area contributed by atoms with Gasteiger partial charge in [-0.1, -0.05) is 25.1 Å². The molecule has 1 N–H and O–H groups in total. The molecule has 2 aromatic rings. The van der Waals surface area contributed by atoms with Crippen LogP contribution in [0.15, 0.2) is 36.4 Å². The highest BCUT2D eigenvalue weighted by atomic mass is 16.7. The van der Waals surface area contributed by atoms with Crippen LogP contribution in [0.2, 0.25) is 0 Å². The third kappa shape index (κ3) is 2.26. The quantitative estimate of drug-likeness (QED) is 0.824. The smallest absolute Gasteiger partial charge is 0.245 e. The lowest BCUT2D eigenvalue weighted by Crippen LogP contribution is -2.43. The molecule has 3 aliphatic heterocycles. The number of fused-ring (bicyclic) bond motifs is 5. The van der Waals surface area contributed by atoms with Gasteiger partial charge in [-0.3, -0.25) is 4.79 Å². The second-order valence-electron chi connectivity index (χ2n) is 7.08. The average molecular weight is 366 g/mol. The van der Waals surface area contributed by atoms with E-state index in [-0.39, 0.29) is 12.7 Å². The number of carbonyl (C=O) groups is 1. The van der Waals surface area contributed by atoms with E-state index in [1.807, 2.05) is 41.3 Å². The number of para-hydroxylation sites is 1. The molecule has 6 nitrogen and oxygen atoms in total. The van der Waals surface area contributed by atoms with Gasteiger partial charge in [0.05, 0.1) is 0 Å². The lowest BCUT2D eigenvalue weighted by atomic mass is 9.77. The van der Waals surface area contributed by atoms with Crippen molar-refractivity contribution in [2.24, 2.45) is 0 Å². The third-order valence-electron chi connectivity index (χ3n) is 5.63. The molecule has 0 aromatic heterocycles. The number of hydrogen-bond donors (Lipinski definition) is 1. The van der Waals surface area contributed by atoms with Gasteiger partial charge in [0.15, 0.2) is 11.5 Å². The molecule has 1 spiro atoms. The summed E-state index contributed by atoms with van der Waals surface area (Å²) in [4.78, 5) is 15.6. The Labute approximate surface area is 158 Å². The molecule has 0 fully saturated rings. The fraction of sp³-hybridized carbons (Fsp3) is 0.381. The molecule has 27 heavy (non-hydrogen) atoms. The van der Waals surface area contributed by atoms with Gasteiger partial charge >= 0.3 is 0 Å². The SMILES string of the molecule is CCNCCCN1C(=O)C2(COc3cc4c(cc32)OCO4)c2ccccc21. The number of rotatable bonds is 5. The van der Waals surface area contributed by atoms with E-state index in [2.05, 4.69) is 12.2 Å². The summed E-state index contributed by atoms with van der Waals surface area (Å²) in [5, 5.41) is 3.32. The van der Waals surface area contributed by atoms with E-state index in [9.17, 15) is 4.79 Å². The Morgan fingerprint density at radius 2 is 1.89 bits per heavy atom. The summed E-state index contributed by atoms with van der Waals surface area (Å²) in [5.74, 6) is 2.14. The van der Waals surface area contributed by atoms with Gasteiger partial charge in [-0.2, -0.15) is 0 Å². The molecule has 140 valence electrons. The molecule has 1 amide bonds. The summed E-state index contributed by atoms with van der Waals surface area (Å²) in [6, 6.07) is 11.8. The molecule has 3 aliphatic rings. The van der Waals surface area contributed by atoms with Crippen molar-refractivity contribution in [3.8, 4) is 17.2 Å². The van der Waals surface area contributed by atoms with Crippen molar-refractivity contribution in [1.29, 1.82) is 0 Å². The first-order valence-corrected chi connectivity index (χ1v) is 9.45. The summed E-state index contributed by atoms with van der Waals surface area (Å²) >= 11 is 0. The van der Waals surface area contributed by atoms with Gasteiger partial charge in [0.2, 0.25) is 12.7 Å². The number of nitrogens with zero attached hydrogens (tertiary/aromatic N) is 1. The zero-order valence-corrected chi connectivity index (χ0v) is 15.3. The zero-order valence-electron chi connectivity index (χ0n) is 15.3. The molecule has 5 rings (SSSR count). The van der Waals surface area contributed by atoms with Crippen LogP contribution < -0.4 is 24.4 Å². The standard InChI is InChI=1S/C21H22N2O4/c1-2-22-8-5-9-23-16-7-4-3-6-14(16)21(20(23)24)12-25-17-11-19-18(10-15(17)21)26-13-27-19/h3-4,6-7,10-11,22H,2,5,8-9,12-13H2,1H3. The van der Waals surface area contributed by atoms with Gasteiger partial charge < -0.3 is 24.4 Å². The monoisotopic (exact) mass is 366 g/mol. The maximum atomic E-state index is 13.7. The Kier molecular flexibility index (Phi) is 3.75. The minimum absolute atomic E-state index is 0.0813. The molecule has 0 saturated carbocycles. The van der Waals surface area contributed by atoms with E-state index in [1.165, 1.54) is 0 Å². The highest BCUT2D eigenvalue weighted by Crippen LogP contribution is 2.54. The fourth-order valence-electron chi connectivity index (χ4n) is 4.33. The van der Waals surface area contributed by atoms with Crippen LogP contribution in [0, 0.1) is 0 Å². The van der Waals surface area contributed by atoms with Crippen LogP contribution in [0.1, 0.15) is 24.5 Å². The Bertz CT molecular complexity index is 913. The van der Waals surface area contributed by atoms with E-state index < -0.39 is 5.41 Å². The molecule has 2 aromatic carbocycles. The van der Waals surface area contributed by atoms with Crippen molar-refractivity contribution in [1.82, 2.24) is 5.32 Å². The van der Waals surface area contributed by atoms with Crippen LogP contribution >= 0.6 is 0 Å². The maximum Gasteiger partial charge on any atom is 0.245 e. The molecular formula is C21H22N2O4. The van der Waals surface area contributed by atoms with Crippen LogP contribution in [0.3, 0.4) is 0 Å². The largest absolute Gasteiger partial charge is 0.491 e.